The average molecular weight is 324 g/mol. The lowest BCUT2D eigenvalue weighted by Gasteiger charge is -2.20. The molecule has 0 bridgehead atoms. The fourth-order valence-electron chi connectivity index (χ4n) is 2.95. The van der Waals surface area contributed by atoms with E-state index in [0.717, 1.165) is 42.1 Å². The summed E-state index contributed by atoms with van der Waals surface area (Å²) >= 11 is 0. The zero-order valence-electron chi connectivity index (χ0n) is 14.3. The molecule has 3 rings (SSSR count). The third-order valence-electron chi connectivity index (χ3n) is 4.43. The Morgan fingerprint density at radius 2 is 2.25 bits per heavy atom. The van der Waals surface area contributed by atoms with E-state index >= 15 is 0 Å². The van der Waals surface area contributed by atoms with E-state index in [1.807, 2.05) is 24.3 Å². The first-order chi connectivity index (χ1) is 11.7. The SMILES string of the molecule is C/C=C(\C)CN1CCOc2ccc(C(O)c3cccnc3)cc2C1. The van der Waals surface area contributed by atoms with Crippen LogP contribution in [-0.2, 0) is 6.54 Å². The number of benzene rings is 1. The predicted octanol–water partition coefficient (Wildman–Crippen LogP) is 3.32. The molecule has 1 atom stereocenters. The number of ether oxygens (including phenoxy) is 1. The highest BCUT2D eigenvalue weighted by molar-refractivity contribution is 5.41. The van der Waals surface area contributed by atoms with Crippen molar-refractivity contribution in [3.63, 3.8) is 0 Å². The lowest BCUT2D eigenvalue weighted by Crippen LogP contribution is -2.27. The van der Waals surface area contributed by atoms with Crippen LogP contribution in [0, 0.1) is 0 Å². The van der Waals surface area contributed by atoms with Crippen LogP contribution in [0.2, 0.25) is 0 Å². The molecule has 0 saturated carbocycles. The van der Waals surface area contributed by atoms with Gasteiger partial charge in [-0.25, -0.2) is 0 Å². The molecule has 1 N–H and O–H groups in total. The number of fused-ring (bicyclic) bond motifs is 1. The molecular formula is C20H24N2O2. The maximum atomic E-state index is 10.6. The van der Waals surface area contributed by atoms with E-state index in [9.17, 15) is 5.11 Å². The fourth-order valence-corrected chi connectivity index (χ4v) is 2.95. The van der Waals surface area contributed by atoms with Crippen LogP contribution in [0.1, 0.15) is 36.6 Å². The number of pyridine rings is 1. The Bertz CT molecular complexity index is 713. The molecule has 4 nitrogen and oxygen atoms in total. The van der Waals surface area contributed by atoms with Crippen LogP contribution in [0.25, 0.3) is 0 Å². The quantitative estimate of drug-likeness (QED) is 0.876. The van der Waals surface area contributed by atoms with Crippen molar-refractivity contribution in [3.05, 3.63) is 71.1 Å². The van der Waals surface area contributed by atoms with E-state index in [2.05, 4.69) is 35.9 Å². The first kappa shape index (κ1) is 16.7. The summed E-state index contributed by atoms with van der Waals surface area (Å²) in [6.07, 6.45) is 4.89. The molecule has 4 heteroatoms. The lowest BCUT2D eigenvalue weighted by molar-refractivity contribution is 0.219. The van der Waals surface area contributed by atoms with Crippen LogP contribution in [0.15, 0.2) is 54.4 Å². The fraction of sp³-hybridized carbons (Fsp3) is 0.350. The smallest absolute Gasteiger partial charge is 0.123 e. The Morgan fingerprint density at radius 1 is 1.38 bits per heavy atom. The number of hydrogen-bond acceptors (Lipinski definition) is 4. The summed E-state index contributed by atoms with van der Waals surface area (Å²) in [6, 6.07) is 9.68. The van der Waals surface area contributed by atoms with Crippen LogP contribution in [0.5, 0.6) is 5.75 Å². The molecule has 0 spiro atoms. The maximum Gasteiger partial charge on any atom is 0.123 e. The summed E-state index contributed by atoms with van der Waals surface area (Å²) in [5.41, 5.74) is 4.14. The first-order valence-corrected chi connectivity index (χ1v) is 8.35. The summed E-state index contributed by atoms with van der Waals surface area (Å²) in [6.45, 7) is 7.58. The van der Waals surface area contributed by atoms with Crippen molar-refractivity contribution in [3.8, 4) is 5.75 Å². The van der Waals surface area contributed by atoms with Crippen LogP contribution >= 0.6 is 0 Å². The molecule has 1 aliphatic rings. The second kappa shape index (κ2) is 7.60. The van der Waals surface area contributed by atoms with Gasteiger partial charge in [0.15, 0.2) is 0 Å². The van der Waals surface area contributed by atoms with Gasteiger partial charge in [-0.05, 0) is 37.6 Å². The number of hydrogen-bond donors (Lipinski definition) is 1. The van der Waals surface area contributed by atoms with E-state index in [-0.39, 0.29) is 0 Å². The number of aliphatic hydroxyl groups is 1. The van der Waals surface area contributed by atoms with Gasteiger partial charge in [-0.1, -0.05) is 23.8 Å². The highest BCUT2D eigenvalue weighted by Crippen LogP contribution is 2.29. The van der Waals surface area contributed by atoms with Crippen molar-refractivity contribution in [2.45, 2.75) is 26.5 Å². The van der Waals surface area contributed by atoms with Crippen LogP contribution < -0.4 is 4.74 Å². The number of allylic oxidation sites excluding steroid dienone is 1. The van der Waals surface area contributed by atoms with Gasteiger partial charge in [0.1, 0.15) is 18.5 Å². The van der Waals surface area contributed by atoms with Gasteiger partial charge in [0.25, 0.3) is 0 Å². The Hall–Kier alpha value is -2.17. The van der Waals surface area contributed by atoms with E-state index in [1.54, 1.807) is 12.4 Å². The Labute approximate surface area is 143 Å². The molecular weight excluding hydrogens is 300 g/mol. The zero-order valence-corrected chi connectivity index (χ0v) is 14.3. The average Bonchev–Trinajstić information content (AvgIpc) is 2.82. The number of aromatic nitrogens is 1. The molecule has 126 valence electrons. The molecule has 1 aromatic carbocycles. The van der Waals surface area contributed by atoms with Gasteiger partial charge < -0.3 is 9.84 Å². The molecule has 1 unspecified atom stereocenters. The van der Waals surface area contributed by atoms with Gasteiger partial charge in [0.2, 0.25) is 0 Å². The van der Waals surface area contributed by atoms with Crippen molar-refractivity contribution < 1.29 is 9.84 Å². The summed E-state index contributed by atoms with van der Waals surface area (Å²) in [7, 11) is 0. The highest BCUT2D eigenvalue weighted by Gasteiger charge is 2.18. The Balaban J connectivity index is 1.84. The summed E-state index contributed by atoms with van der Waals surface area (Å²) in [4.78, 5) is 6.47. The van der Waals surface area contributed by atoms with Crippen molar-refractivity contribution in [2.24, 2.45) is 0 Å². The standard InChI is InChI=1S/C20H24N2O2/c1-3-15(2)13-22-9-10-24-19-7-6-16(11-18(19)14-22)20(23)17-5-4-8-21-12-17/h3-8,11-12,20,23H,9-10,13-14H2,1-2H3/b15-3+. The van der Waals surface area contributed by atoms with Gasteiger partial charge in [-0.2, -0.15) is 0 Å². The van der Waals surface area contributed by atoms with E-state index < -0.39 is 6.10 Å². The zero-order chi connectivity index (χ0) is 16.9. The molecule has 1 aromatic heterocycles. The second-order valence-corrected chi connectivity index (χ2v) is 6.25. The Kier molecular flexibility index (Phi) is 5.28. The number of rotatable bonds is 4. The Morgan fingerprint density at radius 3 is 3.00 bits per heavy atom. The molecule has 0 amide bonds. The number of nitrogens with zero attached hydrogens (tertiary/aromatic N) is 2. The van der Waals surface area contributed by atoms with Crippen molar-refractivity contribution in [2.75, 3.05) is 19.7 Å². The second-order valence-electron chi connectivity index (χ2n) is 6.25. The van der Waals surface area contributed by atoms with Crippen molar-refractivity contribution >= 4 is 0 Å². The van der Waals surface area contributed by atoms with E-state index in [1.165, 1.54) is 5.57 Å². The van der Waals surface area contributed by atoms with Crippen LogP contribution in [-0.4, -0.2) is 34.7 Å². The summed E-state index contributed by atoms with van der Waals surface area (Å²) in [5.74, 6) is 0.915. The molecule has 24 heavy (non-hydrogen) atoms. The minimum atomic E-state index is -0.669. The molecule has 0 radical (unpaired) electrons. The topological polar surface area (TPSA) is 45.6 Å². The highest BCUT2D eigenvalue weighted by atomic mass is 16.5. The minimum absolute atomic E-state index is 0.669. The molecule has 0 aliphatic carbocycles. The monoisotopic (exact) mass is 324 g/mol. The third-order valence-corrected chi connectivity index (χ3v) is 4.43. The third kappa shape index (κ3) is 3.83. The van der Waals surface area contributed by atoms with Gasteiger partial charge in [-0.3, -0.25) is 9.88 Å². The van der Waals surface area contributed by atoms with Gasteiger partial charge >= 0.3 is 0 Å². The minimum Gasteiger partial charge on any atom is -0.492 e. The van der Waals surface area contributed by atoms with Crippen molar-refractivity contribution in [1.29, 1.82) is 0 Å². The summed E-state index contributed by atoms with van der Waals surface area (Å²) in [5, 5.41) is 10.6. The summed E-state index contributed by atoms with van der Waals surface area (Å²) < 4.78 is 5.88. The largest absolute Gasteiger partial charge is 0.492 e. The molecule has 0 saturated heterocycles. The lowest BCUT2D eigenvalue weighted by atomic mass is 10.00. The molecule has 0 fully saturated rings. The van der Waals surface area contributed by atoms with Gasteiger partial charge in [-0.15, -0.1) is 0 Å². The van der Waals surface area contributed by atoms with Crippen LogP contribution in [0.4, 0.5) is 0 Å². The molecule has 1 aliphatic heterocycles. The maximum absolute atomic E-state index is 10.6. The van der Waals surface area contributed by atoms with E-state index in [0.29, 0.717) is 6.61 Å². The predicted molar refractivity (Wildman–Crippen MR) is 94.9 cm³/mol. The first-order valence-electron chi connectivity index (χ1n) is 8.35. The normalized spacial score (nSPS) is 16.9. The van der Waals surface area contributed by atoms with E-state index in [4.69, 9.17) is 4.74 Å². The number of aliphatic hydroxyl groups excluding tert-OH is 1. The van der Waals surface area contributed by atoms with Crippen LogP contribution in [0.3, 0.4) is 0 Å². The molecule has 2 heterocycles. The van der Waals surface area contributed by atoms with Gasteiger partial charge in [0, 0.05) is 43.2 Å². The van der Waals surface area contributed by atoms with Crippen molar-refractivity contribution in [1.82, 2.24) is 9.88 Å². The molecule has 2 aromatic rings. The van der Waals surface area contributed by atoms with Gasteiger partial charge in [0.05, 0.1) is 0 Å².